The molecular weight excluding hydrogens is 305 g/mol. The Kier molecular flexibility index (Phi) is 4.45. The summed E-state index contributed by atoms with van der Waals surface area (Å²) < 4.78 is 26.7. The van der Waals surface area contributed by atoms with Gasteiger partial charge in [0.1, 0.15) is 4.90 Å². The van der Waals surface area contributed by atoms with Crippen LogP contribution in [0.5, 0.6) is 0 Å². The molecule has 1 saturated heterocycles. The standard InChI is InChI=1S/C13H17Cl2NO2S/c1-9-5-10(2)8-16(7-9)19(17,18)13-4-3-11(14)6-12(13)15/h3-4,6,9-10H,5,7-8H2,1-2H3. The van der Waals surface area contributed by atoms with Gasteiger partial charge in [-0.2, -0.15) is 4.31 Å². The molecule has 1 aliphatic heterocycles. The van der Waals surface area contributed by atoms with Crippen molar-refractivity contribution in [2.45, 2.75) is 25.2 Å². The van der Waals surface area contributed by atoms with Crippen LogP contribution in [0, 0.1) is 11.8 Å². The van der Waals surface area contributed by atoms with Crippen LogP contribution in [-0.2, 0) is 10.0 Å². The zero-order chi connectivity index (χ0) is 14.2. The van der Waals surface area contributed by atoms with E-state index in [1.54, 1.807) is 6.07 Å². The predicted octanol–water partition coefficient (Wildman–Crippen LogP) is 3.66. The molecule has 1 heterocycles. The summed E-state index contributed by atoms with van der Waals surface area (Å²) in [6.45, 7) is 5.24. The molecule has 1 aromatic rings. The van der Waals surface area contributed by atoms with Gasteiger partial charge in [-0.3, -0.25) is 0 Å². The summed E-state index contributed by atoms with van der Waals surface area (Å²) in [6.07, 6.45) is 1.06. The summed E-state index contributed by atoms with van der Waals surface area (Å²) in [7, 11) is -3.53. The normalized spacial score (nSPS) is 25.5. The Hall–Kier alpha value is -0.290. The molecule has 0 radical (unpaired) electrons. The number of sulfonamides is 1. The fourth-order valence-electron chi connectivity index (χ4n) is 2.63. The van der Waals surface area contributed by atoms with Gasteiger partial charge in [0.05, 0.1) is 5.02 Å². The average Bonchev–Trinajstić information content (AvgIpc) is 2.26. The molecule has 6 heteroatoms. The van der Waals surface area contributed by atoms with Gasteiger partial charge in [-0.05, 0) is 36.5 Å². The fraction of sp³-hybridized carbons (Fsp3) is 0.538. The summed E-state index contributed by atoms with van der Waals surface area (Å²) >= 11 is 11.8. The molecule has 3 nitrogen and oxygen atoms in total. The van der Waals surface area contributed by atoms with Gasteiger partial charge in [0.15, 0.2) is 0 Å². The summed E-state index contributed by atoms with van der Waals surface area (Å²) in [5.74, 6) is 0.731. The van der Waals surface area contributed by atoms with Crippen molar-refractivity contribution in [2.75, 3.05) is 13.1 Å². The molecule has 0 N–H and O–H groups in total. The van der Waals surface area contributed by atoms with Crippen molar-refractivity contribution >= 4 is 33.2 Å². The van der Waals surface area contributed by atoms with Crippen LogP contribution in [0.15, 0.2) is 23.1 Å². The molecule has 0 amide bonds. The van der Waals surface area contributed by atoms with Crippen LogP contribution in [0.2, 0.25) is 10.0 Å². The van der Waals surface area contributed by atoms with Gasteiger partial charge in [0.2, 0.25) is 10.0 Å². The second-order valence-corrected chi connectivity index (χ2v) is 8.09. The van der Waals surface area contributed by atoms with Gasteiger partial charge in [-0.25, -0.2) is 8.42 Å². The first-order valence-electron chi connectivity index (χ1n) is 6.26. The van der Waals surface area contributed by atoms with E-state index in [4.69, 9.17) is 23.2 Å². The molecule has 2 rings (SSSR count). The lowest BCUT2D eigenvalue weighted by molar-refractivity contribution is 0.222. The lowest BCUT2D eigenvalue weighted by Gasteiger charge is -2.34. The SMILES string of the molecule is CC1CC(C)CN(S(=O)(=O)c2ccc(Cl)cc2Cl)C1. The van der Waals surface area contributed by atoms with Crippen molar-refractivity contribution in [1.82, 2.24) is 4.31 Å². The maximum atomic E-state index is 12.6. The number of rotatable bonds is 2. The van der Waals surface area contributed by atoms with Crippen LogP contribution in [0.4, 0.5) is 0 Å². The molecule has 1 fully saturated rings. The van der Waals surface area contributed by atoms with E-state index in [9.17, 15) is 8.42 Å². The minimum Gasteiger partial charge on any atom is -0.207 e. The van der Waals surface area contributed by atoms with E-state index in [0.29, 0.717) is 29.9 Å². The third-order valence-electron chi connectivity index (χ3n) is 3.35. The number of halogens is 2. The molecule has 0 aromatic heterocycles. The second-order valence-electron chi connectivity index (χ2n) is 5.34. The molecule has 1 aliphatic rings. The highest BCUT2D eigenvalue weighted by Gasteiger charge is 2.32. The van der Waals surface area contributed by atoms with Gasteiger partial charge >= 0.3 is 0 Å². The first kappa shape index (κ1) is 15.1. The maximum Gasteiger partial charge on any atom is 0.244 e. The molecule has 2 atom stereocenters. The Bertz CT molecular complexity index is 564. The highest BCUT2D eigenvalue weighted by Crippen LogP contribution is 2.31. The quantitative estimate of drug-likeness (QED) is 0.833. The van der Waals surface area contributed by atoms with Crippen molar-refractivity contribution in [2.24, 2.45) is 11.8 Å². The first-order chi connectivity index (χ1) is 8.80. The Balaban J connectivity index is 2.36. The Labute approximate surface area is 124 Å². The number of hydrogen-bond acceptors (Lipinski definition) is 2. The molecular formula is C13H17Cl2NO2S. The summed E-state index contributed by atoms with van der Waals surface area (Å²) in [6, 6.07) is 4.49. The van der Waals surface area contributed by atoms with Crippen molar-refractivity contribution in [3.63, 3.8) is 0 Å². The van der Waals surface area contributed by atoms with E-state index < -0.39 is 10.0 Å². The molecule has 0 spiro atoms. The highest BCUT2D eigenvalue weighted by atomic mass is 35.5. The van der Waals surface area contributed by atoms with Gasteiger partial charge in [0.25, 0.3) is 0 Å². The highest BCUT2D eigenvalue weighted by molar-refractivity contribution is 7.89. The fourth-order valence-corrected chi connectivity index (χ4v) is 5.05. The van der Waals surface area contributed by atoms with E-state index in [-0.39, 0.29) is 9.92 Å². The van der Waals surface area contributed by atoms with E-state index in [1.165, 1.54) is 16.4 Å². The van der Waals surface area contributed by atoms with Gasteiger partial charge < -0.3 is 0 Å². The number of benzene rings is 1. The van der Waals surface area contributed by atoms with Crippen molar-refractivity contribution in [3.8, 4) is 0 Å². The molecule has 1 aromatic carbocycles. The maximum absolute atomic E-state index is 12.6. The molecule has 2 unspecified atom stereocenters. The largest absolute Gasteiger partial charge is 0.244 e. The monoisotopic (exact) mass is 321 g/mol. The van der Waals surface area contributed by atoms with Gasteiger partial charge in [-0.15, -0.1) is 0 Å². The molecule has 19 heavy (non-hydrogen) atoms. The Morgan fingerprint density at radius 3 is 2.26 bits per heavy atom. The molecule has 0 bridgehead atoms. The lowest BCUT2D eigenvalue weighted by Crippen LogP contribution is -2.42. The zero-order valence-electron chi connectivity index (χ0n) is 10.9. The van der Waals surface area contributed by atoms with Crippen LogP contribution in [0.1, 0.15) is 20.3 Å². The third-order valence-corrected chi connectivity index (χ3v) is 5.90. The van der Waals surface area contributed by atoms with Crippen LogP contribution >= 0.6 is 23.2 Å². The third kappa shape index (κ3) is 3.24. The Morgan fingerprint density at radius 2 is 1.74 bits per heavy atom. The van der Waals surface area contributed by atoms with Crippen LogP contribution in [0.3, 0.4) is 0 Å². The van der Waals surface area contributed by atoms with E-state index >= 15 is 0 Å². The summed E-state index contributed by atoms with van der Waals surface area (Å²) in [4.78, 5) is 0.139. The number of hydrogen-bond donors (Lipinski definition) is 0. The Morgan fingerprint density at radius 1 is 1.16 bits per heavy atom. The van der Waals surface area contributed by atoms with Crippen LogP contribution in [0.25, 0.3) is 0 Å². The minimum absolute atomic E-state index is 0.139. The topological polar surface area (TPSA) is 37.4 Å². The number of nitrogens with zero attached hydrogens (tertiary/aromatic N) is 1. The van der Waals surface area contributed by atoms with E-state index in [2.05, 4.69) is 13.8 Å². The smallest absolute Gasteiger partial charge is 0.207 e. The molecule has 106 valence electrons. The zero-order valence-corrected chi connectivity index (χ0v) is 13.3. The predicted molar refractivity (Wildman–Crippen MR) is 78.2 cm³/mol. The van der Waals surface area contributed by atoms with Crippen molar-refractivity contribution < 1.29 is 8.42 Å². The summed E-state index contributed by atoms with van der Waals surface area (Å²) in [5.41, 5.74) is 0. The lowest BCUT2D eigenvalue weighted by atomic mass is 9.94. The van der Waals surface area contributed by atoms with Crippen molar-refractivity contribution in [1.29, 1.82) is 0 Å². The minimum atomic E-state index is -3.53. The van der Waals surface area contributed by atoms with Crippen LogP contribution in [-0.4, -0.2) is 25.8 Å². The van der Waals surface area contributed by atoms with Gasteiger partial charge in [0, 0.05) is 18.1 Å². The first-order valence-corrected chi connectivity index (χ1v) is 8.45. The molecule has 0 saturated carbocycles. The van der Waals surface area contributed by atoms with Crippen molar-refractivity contribution in [3.05, 3.63) is 28.2 Å². The second kappa shape index (κ2) is 5.60. The van der Waals surface area contributed by atoms with Crippen LogP contribution < -0.4 is 0 Å². The van der Waals surface area contributed by atoms with E-state index in [0.717, 1.165) is 6.42 Å². The van der Waals surface area contributed by atoms with Gasteiger partial charge in [-0.1, -0.05) is 37.0 Å². The average molecular weight is 322 g/mol. The van der Waals surface area contributed by atoms with E-state index in [1.807, 2.05) is 0 Å². The number of piperidine rings is 1. The summed E-state index contributed by atoms with van der Waals surface area (Å²) in [5, 5.41) is 0.614. The molecule has 0 aliphatic carbocycles.